The van der Waals surface area contributed by atoms with Crippen LogP contribution in [0.2, 0.25) is 0 Å². The molecule has 28 heavy (non-hydrogen) atoms. The third kappa shape index (κ3) is 3.44. The van der Waals surface area contributed by atoms with Crippen molar-refractivity contribution in [2.45, 2.75) is 69.7 Å². The van der Waals surface area contributed by atoms with Crippen LogP contribution in [0.15, 0.2) is 36.4 Å². The summed E-state index contributed by atoms with van der Waals surface area (Å²) < 4.78 is 10.9. The minimum absolute atomic E-state index is 0.0187. The normalized spacial score (nSPS) is 27.1. The molecule has 2 heterocycles. The smallest absolute Gasteiger partial charge is 0.410 e. The monoisotopic (exact) mass is 383 g/mol. The Kier molecular flexibility index (Phi) is 4.53. The molecule has 3 atom stereocenters. The lowest BCUT2D eigenvalue weighted by Crippen LogP contribution is -2.53. The summed E-state index contributed by atoms with van der Waals surface area (Å²) in [6.07, 6.45) is 2.66. The van der Waals surface area contributed by atoms with E-state index in [2.05, 4.69) is 6.07 Å². The molecule has 1 amide bonds. The van der Waals surface area contributed by atoms with E-state index in [0.717, 1.165) is 34.9 Å². The fraction of sp³-hybridized carbons (Fsp3) is 0.522. The van der Waals surface area contributed by atoms with Crippen molar-refractivity contribution in [3.63, 3.8) is 0 Å². The van der Waals surface area contributed by atoms with Gasteiger partial charge in [0.15, 0.2) is 0 Å². The molecule has 4 rings (SSSR count). The molecule has 0 radical (unpaired) electrons. The molecular weight excluding hydrogens is 354 g/mol. The molecule has 2 bridgehead atoms. The Hall–Kier alpha value is -2.27. The fourth-order valence-corrected chi connectivity index (χ4v) is 4.71. The van der Waals surface area contributed by atoms with E-state index in [9.17, 15) is 9.90 Å². The quantitative estimate of drug-likeness (QED) is 0.823. The summed E-state index contributed by atoms with van der Waals surface area (Å²) in [7, 11) is 1.66. The average Bonchev–Trinajstić information content (AvgIpc) is 2.92. The fourth-order valence-electron chi connectivity index (χ4n) is 4.71. The molecule has 0 aliphatic carbocycles. The molecule has 0 saturated carbocycles. The van der Waals surface area contributed by atoms with Crippen LogP contribution < -0.4 is 4.74 Å². The first-order chi connectivity index (χ1) is 13.2. The topological polar surface area (TPSA) is 59.0 Å². The summed E-state index contributed by atoms with van der Waals surface area (Å²) >= 11 is 0. The Morgan fingerprint density at radius 2 is 1.68 bits per heavy atom. The second-order valence-corrected chi connectivity index (χ2v) is 9.14. The van der Waals surface area contributed by atoms with Crippen LogP contribution in [0.5, 0.6) is 5.75 Å². The number of carbonyl (C=O) groups excluding carboxylic acids is 1. The average molecular weight is 383 g/mol. The van der Waals surface area contributed by atoms with E-state index in [1.807, 2.05) is 56.0 Å². The minimum Gasteiger partial charge on any atom is -0.497 e. The SMILES string of the molecule is COc1ccc2cc(C3(O)C[C@H]4CC[C@@H](C3)N4C(=O)OC(C)(C)C)ccc2c1. The predicted octanol–water partition coefficient (Wildman–Crippen LogP) is 4.60. The number of carbonyl (C=O) groups is 1. The van der Waals surface area contributed by atoms with Gasteiger partial charge in [0.1, 0.15) is 11.4 Å². The second kappa shape index (κ2) is 6.66. The van der Waals surface area contributed by atoms with Crippen molar-refractivity contribution in [1.82, 2.24) is 4.90 Å². The minimum atomic E-state index is -0.918. The van der Waals surface area contributed by atoms with E-state index in [1.54, 1.807) is 7.11 Å². The van der Waals surface area contributed by atoms with E-state index in [-0.39, 0.29) is 18.2 Å². The number of amides is 1. The number of aliphatic hydroxyl groups is 1. The van der Waals surface area contributed by atoms with Gasteiger partial charge < -0.3 is 19.5 Å². The first-order valence-electron chi connectivity index (χ1n) is 10.0. The Bertz CT molecular complexity index is 887. The second-order valence-electron chi connectivity index (χ2n) is 9.14. The number of hydrogen-bond acceptors (Lipinski definition) is 4. The van der Waals surface area contributed by atoms with Gasteiger partial charge in [-0.15, -0.1) is 0 Å². The highest BCUT2D eigenvalue weighted by molar-refractivity contribution is 5.84. The van der Waals surface area contributed by atoms with E-state index < -0.39 is 11.2 Å². The summed E-state index contributed by atoms with van der Waals surface area (Å²) in [6, 6.07) is 12.1. The van der Waals surface area contributed by atoms with Crippen molar-refractivity contribution in [2.75, 3.05) is 7.11 Å². The van der Waals surface area contributed by atoms with Gasteiger partial charge in [-0.2, -0.15) is 0 Å². The number of ether oxygens (including phenoxy) is 2. The van der Waals surface area contributed by atoms with Crippen LogP contribution in [0.3, 0.4) is 0 Å². The molecular formula is C23H29NO4. The maximum Gasteiger partial charge on any atom is 0.410 e. The zero-order valence-electron chi connectivity index (χ0n) is 17.1. The van der Waals surface area contributed by atoms with Gasteiger partial charge in [-0.3, -0.25) is 0 Å². The highest BCUT2D eigenvalue weighted by Crippen LogP contribution is 2.46. The number of fused-ring (bicyclic) bond motifs is 3. The van der Waals surface area contributed by atoms with Gasteiger partial charge in [0, 0.05) is 24.9 Å². The van der Waals surface area contributed by atoms with Crippen LogP contribution in [0, 0.1) is 0 Å². The standard InChI is InChI=1S/C23H29NO4/c1-22(2,3)28-21(25)24-18-8-9-19(24)14-23(26,13-18)17-7-5-16-12-20(27-4)10-6-15(16)11-17/h5-7,10-12,18-19,26H,8-9,13-14H2,1-4H3/t18-,19+,23?. The third-order valence-electron chi connectivity index (χ3n) is 5.96. The molecule has 2 aromatic carbocycles. The van der Waals surface area contributed by atoms with Gasteiger partial charge >= 0.3 is 6.09 Å². The van der Waals surface area contributed by atoms with Gasteiger partial charge in [-0.25, -0.2) is 4.79 Å². The first kappa shape index (κ1) is 19.1. The molecule has 5 heteroatoms. The molecule has 5 nitrogen and oxygen atoms in total. The van der Waals surface area contributed by atoms with Gasteiger partial charge in [0.25, 0.3) is 0 Å². The molecule has 2 aliphatic heterocycles. The molecule has 2 aromatic rings. The Labute approximate surface area is 166 Å². The predicted molar refractivity (Wildman–Crippen MR) is 109 cm³/mol. The lowest BCUT2D eigenvalue weighted by Gasteiger charge is -2.44. The van der Waals surface area contributed by atoms with Crippen LogP contribution >= 0.6 is 0 Å². The molecule has 0 spiro atoms. The van der Waals surface area contributed by atoms with Crippen molar-refractivity contribution in [1.29, 1.82) is 0 Å². The summed E-state index contributed by atoms with van der Waals surface area (Å²) in [5.41, 5.74) is -0.506. The molecule has 150 valence electrons. The Balaban J connectivity index is 1.59. The molecule has 2 fully saturated rings. The summed E-state index contributed by atoms with van der Waals surface area (Å²) in [4.78, 5) is 14.5. The lowest BCUT2D eigenvalue weighted by molar-refractivity contribution is -0.0623. The Morgan fingerprint density at radius 1 is 1.07 bits per heavy atom. The highest BCUT2D eigenvalue weighted by Gasteiger charge is 2.51. The number of benzene rings is 2. The van der Waals surface area contributed by atoms with Crippen molar-refractivity contribution >= 4 is 16.9 Å². The van der Waals surface area contributed by atoms with E-state index >= 15 is 0 Å². The molecule has 2 saturated heterocycles. The molecule has 2 aliphatic rings. The largest absolute Gasteiger partial charge is 0.497 e. The lowest BCUT2D eigenvalue weighted by atomic mass is 9.80. The zero-order valence-corrected chi connectivity index (χ0v) is 17.1. The molecule has 1 N–H and O–H groups in total. The first-order valence-corrected chi connectivity index (χ1v) is 10.0. The zero-order chi connectivity index (χ0) is 20.1. The van der Waals surface area contributed by atoms with Crippen LogP contribution in [0.1, 0.15) is 52.0 Å². The van der Waals surface area contributed by atoms with E-state index in [0.29, 0.717) is 12.8 Å². The highest BCUT2D eigenvalue weighted by atomic mass is 16.6. The van der Waals surface area contributed by atoms with Crippen LogP contribution in [-0.2, 0) is 10.3 Å². The van der Waals surface area contributed by atoms with E-state index in [1.165, 1.54) is 0 Å². The number of methoxy groups -OCH3 is 1. The van der Waals surface area contributed by atoms with Crippen molar-refractivity contribution < 1.29 is 19.4 Å². The van der Waals surface area contributed by atoms with Gasteiger partial charge in [-0.05, 0) is 68.1 Å². The van der Waals surface area contributed by atoms with Gasteiger partial charge in [0.2, 0.25) is 0 Å². The third-order valence-corrected chi connectivity index (χ3v) is 5.96. The summed E-state index contributed by atoms with van der Waals surface area (Å²) in [5, 5.41) is 13.7. The van der Waals surface area contributed by atoms with Crippen LogP contribution in [0.25, 0.3) is 10.8 Å². The maximum atomic E-state index is 12.7. The van der Waals surface area contributed by atoms with Crippen LogP contribution in [0.4, 0.5) is 4.79 Å². The van der Waals surface area contributed by atoms with Crippen molar-refractivity contribution in [3.05, 3.63) is 42.0 Å². The van der Waals surface area contributed by atoms with E-state index in [4.69, 9.17) is 9.47 Å². The number of rotatable bonds is 2. The van der Waals surface area contributed by atoms with Crippen LogP contribution in [-0.4, -0.2) is 40.9 Å². The molecule has 0 aromatic heterocycles. The van der Waals surface area contributed by atoms with Gasteiger partial charge in [-0.1, -0.05) is 18.2 Å². The summed E-state index contributed by atoms with van der Waals surface area (Å²) in [6.45, 7) is 5.66. The summed E-state index contributed by atoms with van der Waals surface area (Å²) in [5.74, 6) is 0.822. The van der Waals surface area contributed by atoms with Gasteiger partial charge in [0.05, 0.1) is 12.7 Å². The number of nitrogens with zero attached hydrogens (tertiary/aromatic N) is 1. The maximum absolute atomic E-state index is 12.7. The van der Waals surface area contributed by atoms with Crippen molar-refractivity contribution in [3.8, 4) is 5.75 Å². The number of piperidine rings is 1. The molecule has 1 unspecified atom stereocenters. The van der Waals surface area contributed by atoms with Crippen molar-refractivity contribution in [2.24, 2.45) is 0 Å². The number of hydrogen-bond donors (Lipinski definition) is 1. The Morgan fingerprint density at radius 3 is 2.29 bits per heavy atom.